The summed E-state index contributed by atoms with van der Waals surface area (Å²) >= 11 is 5.81. The second kappa shape index (κ2) is 8.11. The number of benzene rings is 1. The van der Waals surface area contributed by atoms with Crippen LogP contribution < -0.4 is 5.32 Å². The van der Waals surface area contributed by atoms with Gasteiger partial charge in [0, 0.05) is 24.5 Å². The minimum absolute atomic E-state index is 0.101. The number of halogens is 1. The molecule has 0 aromatic heterocycles. The zero-order chi connectivity index (χ0) is 13.4. The molecule has 0 heterocycles. The largest absolute Gasteiger partial charge is 0.461 e. The molecule has 0 saturated carbocycles. The van der Waals surface area contributed by atoms with E-state index >= 15 is 0 Å². The SMILES string of the molecule is CCCC(=O)OC(C)CNCc1ccc(Cl)cc1. The summed E-state index contributed by atoms with van der Waals surface area (Å²) in [5.74, 6) is -0.127. The van der Waals surface area contributed by atoms with Crippen molar-refractivity contribution in [1.82, 2.24) is 5.32 Å². The van der Waals surface area contributed by atoms with Crippen molar-refractivity contribution in [3.8, 4) is 0 Å². The molecule has 4 heteroatoms. The minimum atomic E-state index is -0.127. The Bertz CT molecular complexity index is 365. The first-order chi connectivity index (χ1) is 8.61. The molecule has 1 aromatic carbocycles. The summed E-state index contributed by atoms with van der Waals surface area (Å²) in [6.07, 6.45) is 1.21. The smallest absolute Gasteiger partial charge is 0.306 e. The molecule has 1 N–H and O–H groups in total. The summed E-state index contributed by atoms with van der Waals surface area (Å²) < 4.78 is 5.23. The Labute approximate surface area is 113 Å². The van der Waals surface area contributed by atoms with Crippen LogP contribution in [-0.2, 0) is 16.1 Å². The predicted molar refractivity (Wildman–Crippen MR) is 73.6 cm³/mol. The third-order valence-electron chi connectivity index (χ3n) is 2.46. The molecule has 0 fully saturated rings. The lowest BCUT2D eigenvalue weighted by Gasteiger charge is -2.14. The fourth-order valence-electron chi connectivity index (χ4n) is 1.55. The van der Waals surface area contributed by atoms with Gasteiger partial charge in [-0.15, -0.1) is 0 Å². The van der Waals surface area contributed by atoms with E-state index in [9.17, 15) is 4.79 Å². The van der Waals surface area contributed by atoms with Crippen LogP contribution in [0.3, 0.4) is 0 Å². The molecule has 1 aromatic rings. The van der Waals surface area contributed by atoms with Crippen molar-refractivity contribution in [1.29, 1.82) is 0 Å². The number of nitrogens with one attached hydrogen (secondary N) is 1. The van der Waals surface area contributed by atoms with Crippen LogP contribution in [0.5, 0.6) is 0 Å². The van der Waals surface area contributed by atoms with Crippen molar-refractivity contribution in [3.63, 3.8) is 0 Å². The highest BCUT2D eigenvalue weighted by molar-refractivity contribution is 6.30. The van der Waals surface area contributed by atoms with Crippen molar-refractivity contribution in [3.05, 3.63) is 34.9 Å². The number of carbonyl (C=O) groups is 1. The van der Waals surface area contributed by atoms with Gasteiger partial charge < -0.3 is 10.1 Å². The van der Waals surface area contributed by atoms with Gasteiger partial charge in [-0.2, -0.15) is 0 Å². The van der Waals surface area contributed by atoms with Gasteiger partial charge in [0.1, 0.15) is 6.10 Å². The zero-order valence-corrected chi connectivity index (χ0v) is 11.7. The number of esters is 1. The molecule has 1 rings (SSSR count). The van der Waals surface area contributed by atoms with Gasteiger partial charge in [-0.3, -0.25) is 4.79 Å². The summed E-state index contributed by atoms with van der Waals surface area (Å²) in [5, 5.41) is 3.98. The van der Waals surface area contributed by atoms with Crippen LogP contribution in [0.2, 0.25) is 5.02 Å². The normalized spacial score (nSPS) is 12.2. The first kappa shape index (κ1) is 15.0. The van der Waals surface area contributed by atoms with Crippen molar-refractivity contribution >= 4 is 17.6 Å². The Morgan fingerprint density at radius 1 is 1.39 bits per heavy atom. The number of carbonyl (C=O) groups excluding carboxylic acids is 1. The number of hydrogen-bond donors (Lipinski definition) is 1. The van der Waals surface area contributed by atoms with E-state index in [1.807, 2.05) is 38.1 Å². The van der Waals surface area contributed by atoms with Crippen LogP contribution in [-0.4, -0.2) is 18.6 Å². The third kappa shape index (κ3) is 6.03. The van der Waals surface area contributed by atoms with Crippen molar-refractivity contribution in [2.24, 2.45) is 0 Å². The molecular formula is C14H20ClNO2. The van der Waals surface area contributed by atoms with Gasteiger partial charge in [0.25, 0.3) is 0 Å². The van der Waals surface area contributed by atoms with E-state index in [1.165, 1.54) is 0 Å². The van der Waals surface area contributed by atoms with Gasteiger partial charge in [0.2, 0.25) is 0 Å². The second-order valence-electron chi connectivity index (χ2n) is 4.31. The average molecular weight is 270 g/mol. The highest BCUT2D eigenvalue weighted by Gasteiger charge is 2.07. The van der Waals surface area contributed by atoms with Crippen LogP contribution in [0, 0.1) is 0 Å². The van der Waals surface area contributed by atoms with Crippen LogP contribution >= 0.6 is 11.6 Å². The summed E-state index contributed by atoms with van der Waals surface area (Å²) in [6, 6.07) is 7.68. The molecule has 18 heavy (non-hydrogen) atoms. The second-order valence-corrected chi connectivity index (χ2v) is 4.74. The predicted octanol–water partition coefficient (Wildman–Crippen LogP) is 3.16. The fraction of sp³-hybridized carbons (Fsp3) is 0.500. The summed E-state index contributed by atoms with van der Waals surface area (Å²) in [7, 11) is 0. The first-order valence-electron chi connectivity index (χ1n) is 6.26. The lowest BCUT2D eigenvalue weighted by atomic mass is 10.2. The van der Waals surface area contributed by atoms with Crippen LogP contribution in [0.15, 0.2) is 24.3 Å². The molecule has 0 amide bonds. The summed E-state index contributed by atoms with van der Waals surface area (Å²) in [5.41, 5.74) is 1.16. The first-order valence-corrected chi connectivity index (χ1v) is 6.64. The standard InChI is InChI=1S/C14H20ClNO2/c1-3-4-14(17)18-11(2)9-16-10-12-5-7-13(15)8-6-12/h5-8,11,16H,3-4,9-10H2,1-2H3. The van der Waals surface area contributed by atoms with Crippen LogP contribution in [0.25, 0.3) is 0 Å². The Kier molecular flexibility index (Phi) is 6.76. The summed E-state index contributed by atoms with van der Waals surface area (Å²) in [4.78, 5) is 11.3. The van der Waals surface area contributed by atoms with E-state index in [-0.39, 0.29) is 12.1 Å². The molecular weight excluding hydrogens is 250 g/mol. The Hall–Kier alpha value is -1.06. The van der Waals surface area contributed by atoms with Crippen LogP contribution in [0.4, 0.5) is 0 Å². The topological polar surface area (TPSA) is 38.3 Å². The number of ether oxygens (including phenoxy) is 1. The minimum Gasteiger partial charge on any atom is -0.461 e. The lowest BCUT2D eigenvalue weighted by molar-refractivity contribution is -0.148. The highest BCUT2D eigenvalue weighted by atomic mass is 35.5. The van der Waals surface area contributed by atoms with Crippen molar-refractivity contribution < 1.29 is 9.53 Å². The maximum absolute atomic E-state index is 11.3. The molecule has 0 saturated heterocycles. The zero-order valence-electron chi connectivity index (χ0n) is 10.9. The van der Waals surface area contributed by atoms with Gasteiger partial charge in [0.15, 0.2) is 0 Å². The third-order valence-corrected chi connectivity index (χ3v) is 2.71. The van der Waals surface area contributed by atoms with E-state index in [2.05, 4.69) is 5.32 Å². The number of hydrogen-bond acceptors (Lipinski definition) is 3. The monoisotopic (exact) mass is 269 g/mol. The van der Waals surface area contributed by atoms with E-state index in [0.29, 0.717) is 13.0 Å². The van der Waals surface area contributed by atoms with Gasteiger partial charge in [-0.25, -0.2) is 0 Å². The average Bonchev–Trinajstić information content (AvgIpc) is 2.32. The molecule has 0 aliphatic carbocycles. The Balaban J connectivity index is 2.21. The Morgan fingerprint density at radius 2 is 2.06 bits per heavy atom. The van der Waals surface area contributed by atoms with Gasteiger partial charge in [-0.05, 0) is 31.0 Å². The summed E-state index contributed by atoms with van der Waals surface area (Å²) in [6.45, 7) is 5.25. The quantitative estimate of drug-likeness (QED) is 0.773. The molecule has 0 bridgehead atoms. The molecule has 100 valence electrons. The van der Waals surface area contributed by atoms with E-state index in [0.717, 1.165) is 23.6 Å². The maximum Gasteiger partial charge on any atom is 0.306 e. The van der Waals surface area contributed by atoms with Crippen LogP contribution in [0.1, 0.15) is 32.3 Å². The Morgan fingerprint density at radius 3 is 2.67 bits per heavy atom. The van der Waals surface area contributed by atoms with E-state index in [4.69, 9.17) is 16.3 Å². The molecule has 3 nitrogen and oxygen atoms in total. The molecule has 0 radical (unpaired) electrons. The van der Waals surface area contributed by atoms with Gasteiger partial charge in [-0.1, -0.05) is 30.7 Å². The molecule has 1 atom stereocenters. The lowest BCUT2D eigenvalue weighted by Crippen LogP contribution is -2.28. The number of rotatable bonds is 7. The highest BCUT2D eigenvalue weighted by Crippen LogP contribution is 2.09. The molecule has 1 unspecified atom stereocenters. The molecule has 0 aliphatic rings. The maximum atomic E-state index is 11.3. The van der Waals surface area contributed by atoms with Gasteiger partial charge >= 0.3 is 5.97 Å². The van der Waals surface area contributed by atoms with E-state index in [1.54, 1.807) is 0 Å². The molecule has 0 aliphatic heterocycles. The van der Waals surface area contributed by atoms with E-state index < -0.39 is 0 Å². The van der Waals surface area contributed by atoms with Crippen molar-refractivity contribution in [2.45, 2.75) is 39.3 Å². The van der Waals surface area contributed by atoms with Gasteiger partial charge in [0.05, 0.1) is 0 Å². The van der Waals surface area contributed by atoms with Crippen molar-refractivity contribution in [2.75, 3.05) is 6.54 Å². The fourth-order valence-corrected chi connectivity index (χ4v) is 1.68. The molecule has 0 spiro atoms.